The summed E-state index contributed by atoms with van der Waals surface area (Å²) in [5, 5.41) is 9.60. The van der Waals surface area contributed by atoms with Gasteiger partial charge < -0.3 is 0 Å². The first-order valence-corrected chi connectivity index (χ1v) is 6.46. The molecule has 2 aromatic rings. The van der Waals surface area contributed by atoms with E-state index in [0.29, 0.717) is 16.7 Å². The van der Waals surface area contributed by atoms with Crippen LogP contribution >= 0.6 is 11.6 Å². The lowest BCUT2D eigenvalue weighted by atomic mass is 9.90. The average molecular weight is 306 g/mol. The Labute approximate surface area is 125 Å². The Morgan fingerprint density at radius 2 is 1.86 bits per heavy atom. The maximum absolute atomic E-state index is 13.3. The Bertz CT molecular complexity index is 732. The van der Waals surface area contributed by atoms with Gasteiger partial charge in [-0.15, -0.1) is 0 Å². The largest absolute Gasteiger partial charge is 0.292 e. The third-order valence-corrected chi connectivity index (χ3v) is 3.55. The fourth-order valence-electron chi connectivity index (χ4n) is 2.06. The van der Waals surface area contributed by atoms with E-state index in [0.717, 1.165) is 12.1 Å². The number of nitriles is 1. The molecule has 2 aromatic carbocycles. The minimum Gasteiger partial charge on any atom is -0.292 e. The Hall–Kier alpha value is -2.25. The maximum atomic E-state index is 13.3. The highest BCUT2D eigenvalue weighted by molar-refractivity contribution is 6.32. The fraction of sp³-hybridized carbons (Fsp3) is 0.125. The molecule has 0 amide bonds. The van der Waals surface area contributed by atoms with E-state index in [2.05, 4.69) is 0 Å². The van der Waals surface area contributed by atoms with E-state index in [1.807, 2.05) is 0 Å². The van der Waals surface area contributed by atoms with Crippen molar-refractivity contribution in [3.05, 3.63) is 69.7 Å². The number of hydrogen-bond acceptors (Lipinski definition) is 2. The van der Waals surface area contributed by atoms with E-state index >= 15 is 0 Å². The molecule has 0 N–H and O–H groups in total. The molecule has 0 aliphatic heterocycles. The van der Waals surface area contributed by atoms with Gasteiger partial charge in [-0.25, -0.2) is 8.78 Å². The monoisotopic (exact) mass is 305 g/mol. The van der Waals surface area contributed by atoms with Crippen molar-refractivity contribution in [2.45, 2.75) is 12.8 Å². The van der Waals surface area contributed by atoms with E-state index in [1.54, 1.807) is 25.1 Å². The second-order valence-electron chi connectivity index (χ2n) is 4.54. The molecule has 1 unspecified atom stereocenters. The number of ketones is 1. The first-order chi connectivity index (χ1) is 9.93. The molecule has 0 heterocycles. The van der Waals surface area contributed by atoms with Crippen LogP contribution in [0.5, 0.6) is 0 Å². The molecule has 21 heavy (non-hydrogen) atoms. The number of hydrogen-bond donors (Lipinski definition) is 0. The molecule has 0 aliphatic carbocycles. The van der Waals surface area contributed by atoms with Crippen molar-refractivity contribution in [1.29, 1.82) is 5.26 Å². The molecule has 5 heteroatoms. The number of rotatable bonds is 3. The molecule has 2 rings (SSSR count). The van der Waals surface area contributed by atoms with Gasteiger partial charge in [0.05, 0.1) is 6.07 Å². The van der Waals surface area contributed by atoms with E-state index in [-0.39, 0.29) is 11.1 Å². The molecule has 0 aromatic heterocycles. The van der Waals surface area contributed by atoms with Crippen molar-refractivity contribution in [3.63, 3.8) is 0 Å². The van der Waals surface area contributed by atoms with Crippen LogP contribution in [0.15, 0.2) is 36.4 Å². The number of nitrogens with zero attached hydrogens (tertiary/aromatic N) is 1. The predicted octanol–water partition coefficient (Wildman–Crippen LogP) is 4.42. The van der Waals surface area contributed by atoms with Crippen LogP contribution in [-0.4, -0.2) is 5.78 Å². The van der Waals surface area contributed by atoms with Crippen LogP contribution in [-0.2, 0) is 0 Å². The summed E-state index contributed by atoms with van der Waals surface area (Å²) >= 11 is 5.95. The Morgan fingerprint density at radius 3 is 2.43 bits per heavy atom. The van der Waals surface area contributed by atoms with Gasteiger partial charge in [0.25, 0.3) is 0 Å². The van der Waals surface area contributed by atoms with Gasteiger partial charge in [-0.2, -0.15) is 5.26 Å². The molecule has 0 spiro atoms. The van der Waals surface area contributed by atoms with Gasteiger partial charge in [0.1, 0.15) is 17.6 Å². The van der Waals surface area contributed by atoms with Crippen molar-refractivity contribution in [2.75, 3.05) is 0 Å². The molecule has 0 aliphatic rings. The summed E-state index contributed by atoms with van der Waals surface area (Å²) in [6, 6.07) is 9.18. The maximum Gasteiger partial charge on any atom is 0.184 e. The van der Waals surface area contributed by atoms with E-state index < -0.39 is 23.3 Å². The summed E-state index contributed by atoms with van der Waals surface area (Å²) < 4.78 is 26.5. The zero-order valence-electron chi connectivity index (χ0n) is 11.0. The number of carbonyl (C=O) groups excluding carboxylic acids is 1. The van der Waals surface area contributed by atoms with Crippen LogP contribution in [0.4, 0.5) is 8.78 Å². The Kier molecular flexibility index (Phi) is 4.35. The summed E-state index contributed by atoms with van der Waals surface area (Å²) in [6.07, 6.45) is 0. The van der Waals surface area contributed by atoms with Gasteiger partial charge in [0.15, 0.2) is 5.78 Å². The highest BCUT2D eigenvalue weighted by atomic mass is 35.5. The van der Waals surface area contributed by atoms with Crippen LogP contribution in [0.3, 0.4) is 0 Å². The van der Waals surface area contributed by atoms with E-state index in [4.69, 9.17) is 11.6 Å². The lowest BCUT2D eigenvalue weighted by Crippen LogP contribution is -2.13. The van der Waals surface area contributed by atoms with Gasteiger partial charge in [0.2, 0.25) is 0 Å². The molecular formula is C16H10ClF2NO. The number of benzene rings is 2. The molecule has 0 bridgehead atoms. The quantitative estimate of drug-likeness (QED) is 0.788. The molecule has 106 valence electrons. The van der Waals surface area contributed by atoms with E-state index in [9.17, 15) is 18.8 Å². The van der Waals surface area contributed by atoms with Crippen LogP contribution in [0.2, 0.25) is 5.02 Å². The topological polar surface area (TPSA) is 40.9 Å². The zero-order valence-corrected chi connectivity index (χ0v) is 11.8. The summed E-state index contributed by atoms with van der Waals surface area (Å²) in [5.41, 5.74) is 0.777. The minimum absolute atomic E-state index is 0.0145. The second kappa shape index (κ2) is 6.02. The van der Waals surface area contributed by atoms with Crippen molar-refractivity contribution < 1.29 is 13.6 Å². The third-order valence-electron chi connectivity index (χ3n) is 3.14. The number of halogens is 3. The van der Waals surface area contributed by atoms with E-state index in [1.165, 1.54) is 6.07 Å². The highest BCUT2D eigenvalue weighted by Crippen LogP contribution is 2.26. The van der Waals surface area contributed by atoms with Gasteiger partial charge in [0, 0.05) is 16.7 Å². The zero-order chi connectivity index (χ0) is 15.6. The van der Waals surface area contributed by atoms with Crippen molar-refractivity contribution in [3.8, 4) is 6.07 Å². The summed E-state index contributed by atoms with van der Waals surface area (Å²) in [5.74, 6) is -3.49. The number of carbonyl (C=O) groups is 1. The fourth-order valence-corrected chi connectivity index (χ4v) is 2.23. The Morgan fingerprint density at radius 1 is 1.24 bits per heavy atom. The van der Waals surface area contributed by atoms with Crippen molar-refractivity contribution in [1.82, 2.24) is 0 Å². The minimum atomic E-state index is -1.28. The van der Waals surface area contributed by atoms with Crippen LogP contribution in [0.25, 0.3) is 0 Å². The first kappa shape index (κ1) is 15.1. The molecule has 0 fully saturated rings. The van der Waals surface area contributed by atoms with Crippen LogP contribution in [0.1, 0.15) is 27.4 Å². The van der Waals surface area contributed by atoms with Gasteiger partial charge in [-0.1, -0.05) is 23.7 Å². The number of Topliss-reactive ketones (excluding diaryl/α,β-unsaturated/α-hetero) is 1. The lowest BCUT2D eigenvalue weighted by molar-refractivity contribution is 0.0978. The molecule has 1 atom stereocenters. The standard InChI is InChI=1S/C16H10ClF2NO/c1-9-13(3-2-4-15(9)17)16(21)14(8-20)10-5-11(18)7-12(19)6-10/h2-7,14H,1H3. The predicted molar refractivity (Wildman–Crippen MR) is 75.2 cm³/mol. The van der Waals surface area contributed by atoms with Gasteiger partial charge in [-0.3, -0.25) is 4.79 Å². The normalized spacial score (nSPS) is 11.8. The van der Waals surface area contributed by atoms with Crippen LogP contribution in [0, 0.1) is 29.9 Å². The summed E-state index contributed by atoms with van der Waals surface area (Å²) in [7, 11) is 0. The SMILES string of the molecule is Cc1c(Cl)cccc1C(=O)C(C#N)c1cc(F)cc(F)c1. The van der Waals surface area contributed by atoms with Crippen LogP contribution < -0.4 is 0 Å². The summed E-state index contributed by atoms with van der Waals surface area (Å²) in [6.45, 7) is 1.65. The average Bonchev–Trinajstić information content (AvgIpc) is 2.41. The van der Waals surface area contributed by atoms with Gasteiger partial charge in [-0.05, 0) is 36.2 Å². The molecule has 0 radical (unpaired) electrons. The smallest absolute Gasteiger partial charge is 0.184 e. The molecule has 2 nitrogen and oxygen atoms in total. The van der Waals surface area contributed by atoms with Crippen molar-refractivity contribution >= 4 is 17.4 Å². The highest BCUT2D eigenvalue weighted by Gasteiger charge is 2.24. The first-order valence-electron chi connectivity index (χ1n) is 6.09. The second-order valence-corrected chi connectivity index (χ2v) is 4.95. The van der Waals surface area contributed by atoms with Gasteiger partial charge >= 0.3 is 0 Å². The molecular weight excluding hydrogens is 296 g/mol. The summed E-state index contributed by atoms with van der Waals surface area (Å²) in [4.78, 5) is 12.4. The molecule has 0 saturated carbocycles. The lowest BCUT2D eigenvalue weighted by Gasteiger charge is -2.12. The third kappa shape index (κ3) is 3.09. The van der Waals surface area contributed by atoms with Crippen molar-refractivity contribution in [2.24, 2.45) is 0 Å². The Balaban J connectivity index is 2.49. The molecule has 0 saturated heterocycles.